The van der Waals surface area contributed by atoms with Gasteiger partial charge in [0.15, 0.2) is 11.9 Å². The van der Waals surface area contributed by atoms with Gasteiger partial charge in [-0.05, 0) is 25.6 Å². The van der Waals surface area contributed by atoms with Gasteiger partial charge in [-0.25, -0.2) is 4.99 Å². The zero-order chi connectivity index (χ0) is 16.1. The molecule has 0 spiro atoms. The van der Waals surface area contributed by atoms with Gasteiger partial charge in [0.1, 0.15) is 11.8 Å². The van der Waals surface area contributed by atoms with Crippen LogP contribution < -0.4 is 15.8 Å². The molecule has 3 aliphatic rings. The van der Waals surface area contributed by atoms with Gasteiger partial charge < -0.3 is 20.7 Å². The quantitative estimate of drug-likeness (QED) is 0.807. The number of amidine groups is 1. The molecule has 0 aromatic heterocycles. The first-order valence-corrected chi connectivity index (χ1v) is 8.32. The third kappa shape index (κ3) is 2.45. The minimum absolute atomic E-state index is 0.248. The number of halogens is 2. The van der Waals surface area contributed by atoms with Crippen molar-refractivity contribution in [3.8, 4) is 5.75 Å². The Balaban J connectivity index is 1.70. The standard InChI is InChI=1S/C15H17Cl2N5O/c1-19-8-2-3-22(6-8)14-13-11(20-15(18)21-14)9-4-7(16)5-10(17)12(9)23-13/h4-5,8,11,13,19H,2-3,6H2,1H3,(H2,18,20)/t8-,11?,13?/m1/s1. The summed E-state index contributed by atoms with van der Waals surface area (Å²) in [5, 5.41) is 4.35. The van der Waals surface area contributed by atoms with Gasteiger partial charge in [0, 0.05) is 29.7 Å². The highest BCUT2D eigenvalue weighted by Crippen LogP contribution is 2.46. The van der Waals surface area contributed by atoms with Crippen LogP contribution >= 0.6 is 23.2 Å². The van der Waals surface area contributed by atoms with Gasteiger partial charge in [0.05, 0.1) is 5.02 Å². The molecule has 0 amide bonds. The third-order valence-electron chi connectivity index (χ3n) is 4.56. The molecular weight excluding hydrogens is 337 g/mol. The van der Waals surface area contributed by atoms with Gasteiger partial charge in [-0.1, -0.05) is 23.2 Å². The minimum atomic E-state index is -0.302. The van der Waals surface area contributed by atoms with E-state index in [1.165, 1.54) is 0 Å². The molecule has 2 unspecified atom stereocenters. The molecular formula is C15H17Cl2N5O. The first kappa shape index (κ1) is 15.1. The Kier molecular flexibility index (Phi) is 3.63. The summed E-state index contributed by atoms with van der Waals surface area (Å²) in [5.41, 5.74) is 6.82. The summed E-state index contributed by atoms with van der Waals surface area (Å²) in [7, 11) is 1.97. The van der Waals surface area contributed by atoms with Crippen LogP contribution in [0.25, 0.3) is 0 Å². The van der Waals surface area contributed by atoms with Crippen LogP contribution in [-0.2, 0) is 0 Å². The summed E-state index contributed by atoms with van der Waals surface area (Å²) in [5.74, 6) is 1.71. The maximum absolute atomic E-state index is 6.28. The van der Waals surface area contributed by atoms with Crippen molar-refractivity contribution in [2.24, 2.45) is 15.7 Å². The van der Waals surface area contributed by atoms with Crippen molar-refractivity contribution in [2.45, 2.75) is 24.6 Å². The Labute approximate surface area is 144 Å². The van der Waals surface area contributed by atoms with E-state index in [4.69, 9.17) is 33.7 Å². The van der Waals surface area contributed by atoms with Crippen molar-refractivity contribution in [1.29, 1.82) is 0 Å². The summed E-state index contributed by atoms with van der Waals surface area (Å²) < 4.78 is 6.09. The number of rotatable bonds is 1. The number of nitrogens with zero attached hydrogens (tertiary/aromatic N) is 3. The average Bonchev–Trinajstić information content (AvgIpc) is 3.11. The second kappa shape index (κ2) is 5.54. The van der Waals surface area contributed by atoms with E-state index in [9.17, 15) is 0 Å². The predicted octanol–water partition coefficient (Wildman–Crippen LogP) is 1.82. The minimum Gasteiger partial charge on any atom is -0.478 e. The fraction of sp³-hybridized carbons (Fsp3) is 0.467. The first-order chi connectivity index (χ1) is 11.1. The molecule has 0 saturated carbocycles. The number of likely N-dealkylation sites (tertiary alicyclic amines) is 1. The monoisotopic (exact) mass is 353 g/mol. The van der Waals surface area contributed by atoms with Crippen molar-refractivity contribution in [3.05, 3.63) is 27.7 Å². The Morgan fingerprint density at radius 1 is 1.39 bits per heavy atom. The van der Waals surface area contributed by atoms with Gasteiger partial charge in [0.2, 0.25) is 5.96 Å². The van der Waals surface area contributed by atoms with Crippen LogP contribution in [0.4, 0.5) is 0 Å². The SMILES string of the molecule is CN[C@@H]1CCN(C2=NC(N)=NC3c4cc(Cl)cc(Cl)c4OC23)C1. The third-order valence-corrected chi connectivity index (χ3v) is 5.06. The zero-order valence-electron chi connectivity index (χ0n) is 12.6. The van der Waals surface area contributed by atoms with Gasteiger partial charge in [-0.3, -0.25) is 0 Å². The molecule has 4 rings (SSSR count). The number of nitrogens with two attached hydrogens (primary N) is 1. The van der Waals surface area contributed by atoms with Crippen LogP contribution in [0.2, 0.25) is 10.0 Å². The molecule has 1 aromatic rings. The highest BCUT2D eigenvalue weighted by Gasteiger charge is 2.44. The predicted molar refractivity (Wildman–Crippen MR) is 91.7 cm³/mol. The Hall–Kier alpha value is -1.50. The summed E-state index contributed by atoms with van der Waals surface area (Å²) in [6.45, 7) is 1.79. The number of guanidine groups is 1. The van der Waals surface area contributed by atoms with Gasteiger partial charge >= 0.3 is 0 Å². The van der Waals surface area contributed by atoms with Crippen LogP contribution in [0.5, 0.6) is 5.75 Å². The van der Waals surface area contributed by atoms with Gasteiger partial charge in [-0.15, -0.1) is 0 Å². The first-order valence-electron chi connectivity index (χ1n) is 7.56. The Morgan fingerprint density at radius 3 is 2.96 bits per heavy atom. The lowest BCUT2D eigenvalue weighted by Gasteiger charge is -2.29. The summed E-state index contributed by atoms with van der Waals surface area (Å²) in [6, 6.07) is 3.71. The summed E-state index contributed by atoms with van der Waals surface area (Å²) in [6.07, 6.45) is 0.757. The second-order valence-corrected chi connectivity index (χ2v) is 6.81. The molecule has 6 nitrogen and oxygen atoms in total. The fourth-order valence-corrected chi connectivity index (χ4v) is 3.97. The Morgan fingerprint density at radius 2 is 2.22 bits per heavy atom. The van der Waals surface area contributed by atoms with E-state index in [1.54, 1.807) is 6.07 Å². The van der Waals surface area contributed by atoms with E-state index in [0.29, 0.717) is 21.8 Å². The molecule has 3 N–H and O–H groups in total. The summed E-state index contributed by atoms with van der Waals surface area (Å²) in [4.78, 5) is 11.1. The lowest BCUT2D eigenvalue weighted by atomic mass is 10.0. The molecule has 3 heterocycles. The normalized spacial score (nSPS) is 28.8. The van der Waals surface area contributed by atoms with Crippen LogP contribution in [0.3, 0.4) is 0 Å². The number of benzene rings is 1. The average molecular weight is 354 g/mol. The molecule has 1 saturated heterocycles. The van der Waals surface area contributed by atoms with E-state index in [0.717, 1.165) is 30.9 Å². The summed E-state index contributed by atoms with van der Waals surface area (Å²) >= 11 is 12.4. The molecule has 3 aliphatic heterocycles. The van der Waals surface area contributed by atoms with Crippen LogP contribution in [-0.4, -0.2) is 49.0 Å². The lowest BCUT2D eigenvalue weighted by molar-refractivity contribution is 0.253. The van der Waals surface area contributed by atoms with E-state index >= 15 is 0 Å². The van der Waals surface area contributed by atoms with E-state index in [1.807, 2.05) is 13.1 Å². The van der Waals surface area contributed by atoms with Crippen LogP contribution in [0.15, 0.2) is 22.1 Å². The van der Waals surface area contributed by atoms with Crippen molar-refractivity contribution < 1.29 is 4.74 Å². The number of nitrogens with one attached hydrogen (secondary N) is 1. The zero-order valence-corrected chi connectivity index (χ0v) is 14.1. The smallest absolute Gasteiger partial charge is 0.217 e. The topological polar surface area (TPSA) is 75.2 Å². The maximum atomic E-state index is 6.28. The van der Waals surface area contributed by atoms with Gasteiger partial charge in [0.25, 0.3) is 0 Å². The highest BCUT2D eigenvalue weighted by molar-refractivity contribution is 6.35. The van der Waals surface area contributed by atoms with E-state index < -0.39 is 0 Å². The van der Waals surface area contributed by atoms with Crippen molar-refractivity contribution in [2.75, 3.05) is 20.1 Å². The van der Waals surface area contributed by atoms with E-state index in [-0.39, 0.29) is 18.1 Å². The molecule has 8 heteroatoms. The number of ether oxygens (including phenoxy) is 1. The Bertz CT molecular complexity index is 720. The number of hydrogen-bond donors (Lipinski definition) is 2. The second-order valence-electron chi connectivity index (χ2n) is 5.97. The highest BCUT2D eigenvalue weighted by atomic mass is 35.5. The maximum Gasteiger partial charge on any atom is 0.217 e. The van der Waals surface area contributed by atoms with Crippen LogP contribution in [0, 0.1) is 0 Å². The molecule has 0 bridgehead atoms. The fourth-order valence-electron chi connectivity index (χ4n) is 3.42. The molecule has 0 aliphatic carbocycles. The van der Waals surface area contributed by atoms with Crippen molar-refractivity contribution in [3.63, 3.8) is 0 Å². The lowest BCUT2D eigenvalue weighted by Crippen LogP contribution is -2.46. The molecule has 3 atom stereocenters. The number of fused-ring (bicyclic) bond motifs is 3. The van der Waals surface area contributed by atoms with Crippen molar-refractivity contribution in [1.82, 2.24) is 10.2 Å². The molecule has 1 aromatic carbocycles. The number of aliphatic imine (C=N–C) groups is 2. The van der Waals surface area contributed by atoms with E-state index in [2.05, 4.69) is 20.2 Å². The number of hydrogen-bond acceptors (Lipinski definition) is 6. The number of likely N-dealkylation sites (N-methyl/N-ethyl adjacent to an activating group) is 1. The van der Waals surface area contributed by atoms with Crippen LogP contribution in [0.1, 0.15) is 18.0 Å². The van der Waals surface area contributed by atoms with Crippen molar-refractivity contribution >= 4 is 35.0 Å². The largest absolute Gasteiger partial charge is 0.478 e. The molecule has 1 fully saturated rings. The molecule has 122 valence electrons. The van der Waals surface area contributed by atoms with Gasteiger partial charge in [-0.2, -0.15) is 4.99 Å². The molecule has 23 heavy (non-hydrogen) atoms. The molecule has 0 radical (unpaired) electrons.